The summed E-state index contributed by atoms with van der Waals surface area (Å²) in [5.41, 5.74) is 1.19. The first-order valence-corrected chi connectivity index (χ1v) is 6.66. The molecule has 5 heteroatoms. The van der Waals surface area contributed by atoms with Crippen molar-refractivity contribution in [3.63, 3.8) is 0 Å². The summed E-state index contributed by atoms with van der Waals surface area (Å²) in [6.07, 6.45) is 7.48. The number of hydrogen-bond acceptors (Lipinski definition) is 4. The molecule has 2 aromatic heterocycles. The number of carboxylic acid groups (broad SMARTS) is 1. The monoisotopic (exact) mass is 262 g/mol. The maximum Gasteiger partial charge on any atom is 0.313 e. The Labute approximate surface area is 109 Å². The minimum Gasteiger partial charge on any atom is -0.481 e. The van der Waals surface area contributed by atoms with E-state index in [0.29, 0.717) is 11.4 Å². The van der Waals surface area contributed by atoms with Crippen LogP contribution >= 0.6 is 11.3 Å². The fourth-order valence-corrected chi connectivity index (χ4v) is 2.58. The highest BCUT2D eigenvalue weighted by atomic mass is 32.1. The largest absolute Gasteiger partial charge is 0.481 e. The minimum absolute atomic E-state index is 0.480. The molecular weight excluding hydrogens is 248 g/mol. The normalized spacial score (nSPS) is 12.2. The highest BCUT2D eigenvalue weighted by Crippen LogP contribution is 2.24. The van der Waals surface area contributed by atoms with E-state index in [1.54, 1.807) is 18.6 Å². The van der Waals surface area contributed by atoms with E-state index in [9.17, 15) is 9.90 Å². The van der Waals surface area contributed by atoms with Gasteiger partial charge in [-0.1, -0.05) is 0 Å². The average Bonchev–Trinajstić information content (AvgIpc) is 2.89. The lowest BCUT2D eigenvalue weighted by Gasteiger charge is -2.09. The summed E-state index contributed by atoms with van der Waals surface area (Å²) in [4.78, 5) is 19.2. The van der Waals surface area contributed by atoms with Crippen molar-refractivity contribution in [2.75, 3.05) is 0 Å². The van der Waals surface area contributed by atoms with E-state index in [4.69, 9.17) is 0 Å². The summed E-state index contributed by atoms with van der Waals surface area (Å²) in [5.74, 6) is -1.27. The zero-order valence-corrected chi connectivity index (χ0v) is 10.6. The van der Waals surface area contributed by atoms with Crippen LogP contribution in [0.3, 0.4) is 0 Å². The van der Waals surface area contributed by atoms with Gasteiger partial charge in [-0.05, 0) is 37.0 Å². The summed E-state index contributed by atoms with van der Waals surface area (Å²) < 4.78 is 0. The molecule has 0 spiro atoms. The molecule has 0 aliphatic heterocycles. The van der Waals surface area contributed by atoms with E-state index in [1.165, 1.54) is 16.9 Å². The fourth-order valence-electron chi connectivity index (χ4n) is 1.82. The number of carbonyl (C=O) groups is 1. The van der Waals surface area contributed by atoms with Crippen LogP contribution in [0.25, 0.3) is 0 Å². The predicted octanol–water partition coefficient (Wildman–Crippen LogP) is 2.73. The molecule has 0 amide bonds. The Morgan fingerprint density at radius 2 is 2.11 bits per heavy atom. The molecule has 4 nitrogen and oxygen atoms in total. The van der Waals surface area contributed by atoms with Crippen molar-refractivity contribution in [1.82, 2.24) is 9.97 Å². The Balaban J connectivity index is 1.89. The first kappa shape index (κ1) is 12.7. The van der Waals surface area contributed by atoms with E-state index in [1.807, 2.05) is 17.5 Å². The highest BCUT2D eigenvalue weighted by molar-refractivity contribution is 7.09. The highest BCUT2D eigenvalue weighted by Gasteiger charge is 2.21. The van der Waals surface area contributed by atoms with Crippen LogP contribution in [-0.4, -0.2) is 21.0 Å². The van der Waals surface area contributed by atoms with Crippen LogP contribution < -0.4 is 0 Å². The van der Waals surface area contributed by atoms with E-state index in [-0.39, 0.29) is 0 Å². The molecule has 94 valence electrons. The van der Waals surface area contributed by atoms with Crippen molar-refractivity contribution in [2.45, 2.75) is 25.2 Å². The van der Waals surface area contributed by atoms with Crippen LogP contribution in [-0.2, 0) is 11.2 Å². The fraction of sp³-hybridized carbons (Fsp3) is 0.308. The van der Waals surface area contributed by atoms with Crippen LogP contribution in [0, 0.1) is 0 Å². The summed E-state index contributed by atoms with van der Waals surface area (Å²) in [6.45, 7) is 0. The standard InChI is InChI=1S/C13H14N2O2S/c16-13(17)11(12-15-8-9-18-12)3-1-2-10-4-6-14-7-5-10/h4-9,11H,1-3H2,(H,16,17). The molecule has 0 saturated carbocycles. The average molecular weight is 262 g/mol. The number of hydrogen-bond donors (Lipinski definition) is 1. The molecule has 1 N–H and O–H groups in total. The van der Waals surface area contributed by atoms with Gasteiger partial charge in [0.25, 0.3) is 0 Å². The number of rotatable bonds is 6. The number of nitrogens with zero attached hydrogens (tertiary/aromatic N) is 2. The molecule has 0 saturated heterocycles. The van der Waals surface area contributed by atoms with Gasteiger partial charge in [0.05, 0.1) is 0 Å². The van der Waals surface area contributed by atoms with Gasteiger partial charge in [0.2, 0.25) is 0 Å². The molecule has 18 heavy (non-hydrogen) atoms. The summed E-state index contributed by atoms with van der Waals surface area (Å²) >= 11 is 1.40. The van der Waals surface area contributed by atoms with Gasteiger partial charge in [0, 0.05) is 24.0 Å². The van der Waals surface area contributed by atoms with E-state index in [2.05, 4.69) is 9.97 Å². The Bertz CT molecular complexity index is 485. The molecule has 0 fully saturated rings. The lowest BCUT2D eigenvalue weighted by molar-refractivity contribution is -0.139. The molecule has 0 radical (unpaired) electrons. The molecule has 1 atom stereocenters. The maximum absolute atomic E-state index is 11.2. The summed E-state index contributed by atoms with van der Waals surface area (Å²) in [6, 6.07) is 3.92. The van der Waals surface area contributed by atoms with Crippen LogP contribution in [0.5, 0.6) is 0 Å². The topological polar surface area (TPSA) is 63.1 Å². The van der Waals surface area contributed by atoms with Gasteiger partial charge >= 0.3 is 5.97 Å². The van der Waals surface area contributed by atoms with Crippen molar-refractivity contribution < 1.29 is 9.90 Å². The number of aromatic nitrogens is 2. The second-order valence-corrected chi connectivity index (χ2v) is 4.94. The smallest absolute Gasteiger partial charge is 0.313 e. The van der Waals surface area contributed by atoms with Gasteiger partial charge in [-0.15, -0.1) is 11.3 Å². The first-order chi connectivity index (χ1) is 8.77. The van der Waals surface area contributed by atoms with Crippen molar-refractivity contribution >= 4 is 17.3 Å². The SMILES string of the molecule is O=C(O)C(CCCc1ccncc1)c1nccs1. The number of aliphatic carboxylic acids is 1. The van der Waals surface area contributed by atoms with Gasteiger partial charge in [-0.2, -0.15) is 0 Å². The quantitative estimate of drug-likeness (QED) is 0.869. The lowest BCUT2D eigenvalue weighted by atomic mass is 10.0. The van der Waals surface area contributed by atoms with E-state index >= 15 is 0 Å². The summed E-state index contributed by atoms with van der Waals surface area (Å²) in [5, 5.41) is 11.7. The predicted molar refractivity (Wildman–Crippen MR) is 69.7 cm³/mol. The van der Waals surface area contributed by atoms with Crippen LogP contribution in [0.2, 0.25) is 0 Å². The van der Waals surface area contributed by atoms with E-state index in [0.717, 1.165) is 12.8 Å². The number of thiazole rings is 1. The maximum atomic E-state index is 11.2. The second-order valence-electron chi connectivity index (χ2n) is 4.01. The zero-order chi connectivity index (χ0) is 12.8. The first-order valence-electron chi connectivity index (χ1n) is 5.78. The molecule has 2 rings (SSSR count). The van der Waals surface area contributed by atoms with Crippen LogP contribution in [0.4, 0.5) is 0 Å². The number of carboxylic acids is 1. The van der Waals surface area contributed by atoms with Crippen LogP contribution in [0.1, 0.15) is 29.3 Å². The van der Waals surface area contributed by atoms with Gasteiger partial charge in [0.1, 0.15) is 10.9 Å². The molecule has 2 aromatic rings. The summed E-state index contributed by atoms with van der Waals surface area (Å²) in [7, 11) is 0. The number of aryl methyl sites for hydroxylation is 1. The lowest BCUT2D eigenvalue weighted by Crippen LogP contribution is -2.11. The third-order valence-corrected chi connectivity index (χ3v) is 3.64. The van der Waals surface area contributed by atoms with Crippen molar-refractivity contribution in [2.24, 2.45) is 0 Å². The zero-order valence-electron chi connectivity index (χ0n) is 9.82. The third kappa shape index (κ3) is 3.37. The molecule has 1 unspecified atom stereocenters. The van der Waals surface area contributed by atoms with Gasteiger partial charge in [-0.25, -0.2) is 4.98 Å². The van der Waals surface area contributed by atoms with Gasteiger partial charge in [0.15, 0.2) is 0 Å². The van der Waals surface area contributed by atoms with Crippen molar-refractivity contribution in [3.05, 3.63) is 46.7 Å². The Hall–Kier alpha value is -1.75. The molecule has 0 aromatic carbocycles. The molecule has 0 aliphatic carbocycles. The molecular formula is C13H14N2O2S. The van der Waals surface area contributed by atoms with Crippen LogP contribution in [0.15, 0.2) is 36.1 Å². The second kappa shape index (κ2) is 6.26. The van der Waals surface area contributed by atoms with Crippen molar-refractivity contribution in [1.29, 1.82) is 0 Å². The Morgan fingerprint density at radius 3 is 2.72 bits per heavy atom. The van der Waals surface area contributed by atoms with Crippen molar-refractivity contribution in [3.8, 4) is 0 Å². The molecule has 2 heterocycles. The Kier molecular flexibility index (Phi) is 4.41. The van der Waals surface area contributed by atoms with Gasteiger partial charge in [-0.3, -0.25) is 9.78 Å². The third-order valence-electron chi connectivity index (χ3n) is 2.76. The number of pyridine rings is 1. The Morgan fingerprint density at radius 1 is 1.33 bits per heavy atom. The van der Waals surface area contributed by atoms with Gasteiger partial charge < -0.3 is 5.11 Å². The van der Waals surface area contributed by atoms with E-state index < -0.39 is 11.9 Å². The minimum atomic E-state index is -0.792. The molecule has 0 aliphatic rings. The molecule has 0 bridgehead atoms.